The SMILES string of the molecule is CC(=O)Nc1ccc(/C=C/C(=O)NCCSCc2ccc(C)cc2)cc1. The Labute approximate surface area is 159 Å². The van der Waals surface area contributed by atoms with Gasteiger partial charge in [-0.3, -0.25) is 9.59 Å². The highest BCUT2D eigenvalue weighted by Crippen LogP contribution is 2.12. The molecule has 0 radical (unpaired) electrons. The molecule has 2 N–H and O–H groups in total. The van der Waals surface area contributed by atoms with Crippen LogP contribution in [-0.2, 0) is 15.3 Å². The third-order valence-corrected chi connectivity index (χ3v) is 4.62. The van der Waals surface area contributed by atoms with E-state index in [9.17, 15) is 9.59 Å². The average Bonchev–Trinajstić information content (AvgIpc) is 2.62. The third kappa shape index (κ3) is 7.57. The molecule has 0 bridgehead atoms. The average molecular weight is 369 g/mol. The number of thioether (sulfide) groups is 1. The van der Waals surface area contributed by atoms with E-state index in [0.29, 0.717) is 6.54 Å². The van der Waals surface area contributed by atoms with Crippen molar-refractivity contribution >= 4 is 35.3 Å². The molecule has 5 heteroatoms. The molecule has 2 rings (SSSR count). The predicted octanol–water partition coefficient (Wildman–Crippen LogP) is 4.02. The molecule has 0 saturated heterocycles. The maximum Gasteiger partial charge on any atom is 0.244 e. The summed E-state index contributed by atoms with van der Waals surface area (Å²) in [5.74, 6) is 1.62. The number of amides is 2. The van der Waals surface area contributed by atoms with Gasteiger partial charge in [0.15, 0.2) is 0 Å². The molecule has 0 atom stereocenters. The van der Waals surface area contributed by atoms with Crippen LogP contribution < -0.4 is 10.6 Å². The summed E-state index contributed by atoms with van der Waals surface area (Å²) in [5.41, 5.74) is 4.21. The number of anilines is 1. The van der Waals surface area contributed by atoms with E-state index in [1.54, 1.807) is 30.0 Å². The van der Waals surface area contributed by atoms with Gasteiger partial charge in [-0.25, -0.2) is 0 Å². The van der Waals surface area contributed by atoms with E-state index in [2.05, 4.69) is 41.8 Å². The zero-order chi connectivity index (χ0) is 18.8. The number of carbonyl (C=O) groups is 2. The maximum absolute atomic E-state index is 11.8. The first-order valence-electron chi connectivity index (χ1n) is 8.50. The van der Waals surface area contributed by atoms with Gasteiger partial charge in [0.05, 0.1) is 0 Å². The quantitative estimate of drug-likeness (QED) is 0.547. The molecule has 0 aliphatic heterocycles. The standard InChI is InChI=1S/C21H24N2O2S/c1-16-3-5-19(6-4-16)15-26-14-13-22-21(25)12-9-18-7-10-20(11-8-18)23-17(2)24/h3-12H,13-15H2,1-2H3,(H,22,25)(H,23,24)/b12-9+. The lowest BCUT2D eigenvalue weighted by Crippen LogP contribution is -2.23. The fourth-order valence-electron chi connectivity index (χ4n) is 2.23. The molecule has 136 valence electrons. The van der Waals surface area contributed by atoms with E-state index < -0.39 is 0 Å². The van der Waals surface area contributed by atoms with Crippen molar-refractivity contribution in [1.29, 1.82) is 0 Å². The topological polar surface area (TPSA) is 58.2 Å². The summed E-state index contributed by atoms with van der Waals surface area (Å²) in [6.45, 7) is 4.19. The Kier molecular flexibility index (Phi) is 7.96. The van der Waals surface area contributed by atoms with Crippen molar-refractivity contribution in [3.8, 4) is 0 Å². The molecule has 0 fully saturated rings. The summed E-state index contributed by atoms with van der Waals surface area (Å²) in [4.78, 5) is 22.8. The highest BCUT2D eigenvalue weighted by atomic mass is 32.2. The molecule has 0 unspecified atom stereocenters. The van der Waals surface area contributed by atoms with Crippen molar-refractivity contribution in [2.75, 3.05) is 17.6 Å². The summed E-state index contributed by atoms with van der Waals surface area (Å²) in [5, 5.41) is 5.59. The van der Waals surface area contributed by atoms with E-state index in [4.69, 9.17) is 0 Å². The Morgan fingerprint density at radius 1 is 1.04 bits per heavy atom. The van der Waals surface area contributed by atoms with Gasteiger partial charge in [0, 0.05) is 36.7 Å². The Bertz CT molecular complexity index is 753. The van der Waals surface area contributed by atoms with Crippen LogP contribution in [0.4, 0.5) is 5.69 Å². The Morgan fingerprint density at radius 3 is 2.38 bits per heavy atom. The van der Waals surface area contributed by atoms with Crippen molar-refractivity contribution in [2.45, 2.75) is 19.6 Å². The van der Waals surface area contributed by atoms with Gasteiger partial charge in [0.25, 0.3) is 0 Å². The first-order valence-corrected chi connectivity index (χ1v) is 9.65. The van der Waals surface area contributed by atoms with Crippen molar-refractivity contribution in [2.24, 2.45) is 0 Å². The summed E-state index contributed by atoms with van der Waals surface area (Å²) in [6, 6.07) is 15.8. The van der Waals surface area contributed by atoms with Gasteiger partial charge in [-0.15, -0.1) is 0 Å². The molecule has 0 saturated carbocycles. The first kappa shape index (κ1) is 19.8. The number of hydrogen-bond acceptors (Lipinski definition) is 3. The lowest BCUT2D eigenvalue weighted by atomic mass is 10.2. The van der Waals surface area contributed by atoms with E-state index >= 15 is 0 Å². The summed E-state index contributed by atoms with van der Waals surface area (Å²) in [6.07, 6.45) is 3.28. The van der Waals surface area contributed by atoms with Crippen LogP contribution in [-0.4, -0.2) is 24.1 Å². The normalized spacial score (nSPS) is 10.7. The molecule has 2 amide bonds. The van der Waals surface area contributed by atoms with Crippen molar-refractivity contribution in [3.63, 3.8) is 0 Å². The monoisotopic (exact) mass is 368 g/mol. The van der Waals surface area contributed by atoms with E-state index in [1.807, 2.05) is 12.1 Å². The van der Waals surface area contributed by atoms with Gasteiger partial charge in [0.2, 0.25) is 11.8 Å². The van der Waals surface area contributed by atoms with Gasteiger partial charge in [0.1, 0.15) is 0 Å². The van der Waals surface area contributed by atoms with Gasteiger partial charge in [-0.1, -0.05) is 42.0 Å². The number of carbonyl (C=O) groups excluding carboxylic acids is 2. The second-order valence-corrected chi connectivity index (χ2v) is 7.07. The molecule has 0 aliphatic rings. The van der Waals surface area contributed by atoms with Crippen LogP contribution in [0.1, 0.15) is 23.6 Å². The second-order valence-electron chi connectivity index (χ2n) is 5.97. The van der Waals surface area contributed by atoms with Crippen molar-refractivity contribution < 1.29 is 9.59 Å². The molecule has 0 heterocycles. The minimum atomic E-state index is -0.105. The molecular formula is C21H24N2O2S. The van der Waals surface area contributed by atoms with E-state index in [1.165, 1.54) is 24.1 Å². The summed E-state index contributed by atoms with van der Waals surface area (Å²) < 4.78 is 0. The smallest absolute Gasteiger partial charge is 0.244 e. The van der Waals surface area contributed by atoms with Crippen LogP contribution in [0.15, 0.2) is 54.6 Å². The summed E-state index contributed by atoms with van der Waals surface area (Å²) >= 11 is 1.80. The van der Waals surface area contributed by atoms with Gasteiger partial charge in [-0.05, 0) is 36.3 Å². The van der Waals surface area contributed by atoms with Crippen molar-refractivity contribution in [3.05, 3.63) is 71.3 Å². The zero-order valence-electron chi connectivity index (χ0n) is 15.1. The minimum absolute atomic E-state index is 0.104. The van der Waals surface area contributed by atoms with Crippen LogP contribution in [0.2, 0.25) is 0 Å². The van der Waals surface area contributed by atoms with Crippen LogP contribution >= 0.6 is 11.8 Å². The summed E-state index contributed by atoms with van der Waals surface area (Å²) in [7, 11) is 0. The number of benzene rings is 2. The third-order valence-electron chi connectivity index (χ3n) is 3.59. The van der Waals surface area contributed by atoms with Gasteiger partial charge in [-0.2, -0.15) is 11.8 Å². The van der Waals surface area contributed by atoms with E-state index in [-0.39, 0.29) is 11.8 Å². The lowest BCUT2D eigenvalue weighted by Gasteiger charge is -2.04. The van der Waals surface area contributed by atoms with Crippen LogP contribution in [0.25, 0.3) is 6.08 Å². The number of hydrogen-bond donors (Lipinski definition) is 2. The number of aryl methyl sites for hydroxylation is 1. The van der Waals surface area contributed by atoms with Crippen LogP contribution in [0.5, 0.6) is 0 Å². The second kappa shape index (κ2) is 10.5. The van der Waals surface area contributed by atoms with Crippen LogP contribution in [0.3, 0.4) is 0 Å². The zero-order valence-corrected chi connectivity index (χ0v) is 15.9. The first-order chi connectivity index (χ1) is 12.5. The molecule has 26 heavy (non-hydrogen) atoms. The fraction of sp³-hybridized carbons (Fsp3) is 0.238. The van der Waals surface area contributed by atoms with Crippen LogP contribution in [0, 0.1) is 6.92 Å². The lowest BCUT2D eigenvalue weighted by molar-refractivity contribution is -0.116. The fourth-order valence-corrected chi connectivity index (χ4v) is 3.05. The number of nitrogens with one attached hydrogen (secondary N) is 2. The number of rotatable bonds is 8. The van der Waals surface area contributed by atoms with Crippen molar-refractivity contribution in [1.82, 2.24) is 5.32 Å². The van der Waals surface area contributed by atoms with Gasteiger partial charge >= 0.3 is 0 Å². The Morgan fingerprint density at radius 2 is 1.73 bits per heavy atom. The molecule has 0 aliphatic carbocycles. The predicted molar refractivity (Wildman–Crippen MR) is 110 cm³/mol. The maximum atomic E-state index is 11.8. The molecule has 0 aromatic heterocycles. The Balaban J connectivity index is 1.65. The van der Waals surface area contributed by atoms with Gasteiger partial charge < -0.3 is 10.6 Å². The molecule has 4 nitrogen and oxygen atoms in total. The highest BCUT2D eigenvalue weighted by molar-refractivity contribution is 7.98. The highest BCUT2D eigenvalue weighted by Gasteiger charge is 1.98. The minimum Gasteiger partial charge on any atom is -0.352 e. The Hall–Kier alpha value is -2.53. The molecule has 0 spiro atoms. The molecule has 2 aromatic rings. The molecular weight excluding hydrogens is 344 g/mol. The molecule has 2 aromatic carbocycles. The largest absolute Gasteiger partial charge is 0.352 e. The van der Waals surface area contributed by atoms with E-state index in [0.717, 1.165) is 22.8 Å².